The average molecular weight is 191 g/mol. The van der Waals surface area contributed by atoms with E-state index in [-0.39, 0.29) is 5.69 Å². The minimum absolute atomic E-state index is 0.0977. The van der Waals surface area contributed by atoms with Crippen LogP contribution in [0.2, 0.25) is 0 Å². The van der Waals surface area contributed by atoms with Crippen LogP contribution < -0.4 is 0 Å². The van der Waals surface area contributed by atoms with Gasteiger partial charge in [-0.3, -0.25) is 10.1 Å². The van der Waals surface area contributed by atoms with Gasteiger partial charge in [-0.15, -0.1) is 0 Å². The summed E-state index contributed by atoms with van der Waals surface area (Å²) in [5, 5.41) is 10.5. The summed E-state index contributed by atoms with van der Waals surface area (Å²) in [5.41, 5.74) is 1.67. The Morgan fingerprint density at radius 3 is 2.86 bits per heavy atom. The van der Waals surface area contributed by atoms with Crippen molar-refractivity contribution in [3.63, 3.8) is 0 Å². The minimum Gasteiger partial charge on any atom is -0.331 e. The molecule has 0 amide bonds. The molecule has 5 nitrogen and oxygen atoms in total. The van der Waals surface area contributed by atoms with Crippen LogP contribution in [0.25, 0.3) is 11.0 Å². The van der Waals surface area contributed by atoms with E-state index >= 15 is 0 Å². The molecule has 14 heavy (non-hydrogen) atoms. The summed E-state index contributed by atoms with van der Waals surface area (Å²) in [4.78, 5) is 14.4. The Kier molecular flexibility index (Phi) is 1.73. The number of nitrogens with zero attached hydrogens (tertiary/aromatic N) is 3. The summed E-state index contributed by atoms with van der Waals surface area (Å²) in [6.07, 6.45) is 0. The lowest BCUT2D eigenvalue weighted by Gasteiger charge is -1.95. The van der Waals surface area contributed by atoms with Gasteiger partial charge in [0.05, 0.1) is 16.0 Å². The van der Waals surface area contributed by atoms with E-state index in [1.807, 2.05) is 18.5 Å². The monoisotopic (exact) mass is 191 g/mol. The maximum atomic E-state index is 10.5. The van der Waals surface area contributed by atoms with Gasteiger partial charge in [0.1, 0.15) is 5.82 Å². The minimum atomic E-state index is -0.401. The fraction of sp³-hybridized carbons (Fsp3) is 0.222. The molecule has 0 radical (unpaired) electrons. The quantitative estimate of drug-likeness (QED) is 0.510. The summed E-state index contributed by atoms with van der Waals surface area (Å²) >= 11 is 0. The number of aryl methyl sites for hydroxylation is 2. The number of hydrogen-bond donors (Lipinski definition) is 0. The Balaban J connectivity index is 2.76. The molecule has 0 N–H and O–H groups in total. The first-order valence-electron chi connectivity index (χ1n) is 4.17. The van der Waals surface area contributed by atoms with E-state index in [1.165, 1.54) is 12.1 Å². The molecule has 1 heterocycles. The molecule has 5 heteroatoms. The third-order valence-corrected chi connectivity index (χ3v) is 2.30. The third kappa shape index (κ3) is 1.14. The summed E-state index contributed by atoms with van der Waals surface area (Å²) in [6, 6.07) is 4.67. The summed E-state index contributed by atoms with van der Waals surface area (Å²) in [5.74, 6) is 0.848. The van der Waals surface area contributed by atoms with Gasteiger partial charge in [-0.2, -0.15) is 0 Å². The molecule has 0 bridgehead atoms. The Labute approximate surface area is 80.1 Å². The van der Waals surface area contributed by atoms with Crippen molar-refractivity contribution in [3.05, 3.63) is 34.1 Å². The largest absolute Gasteiger partial charge is 0.331 e. The zero-order valence-corrected chi connectivity index (χ0v) is 7.89. The number of non-ortho nitro benzene ring substituents is 1. The van der Waals surface area contributed by atoms with Gasteiger partial charge in [-0.05, 0) is 13.0 Å². The van der Waals surface area contributed by atoms with Crippen LogP contribution in [0.5, 0.6) is 0 Å². The van der Waals surface area contributed by atoms with Crippen LogP contribution in [-0.2, 0) is 7.05 Å². The van der Waals surface area contributed by atoms with Crippen LogP contribution in [0, 0.1) is 17.0 Å². The van der Waals surface area contributed by atoms with E-state index in [0.29, 0.717) is 0 Å². The second-order valence-electron chi connectivity index (χ2n) is 3.15. The first kappa shape index (κ1) is 8.68. The summed E-state index contributed by atoms with van der Waals surface area (Å²) < 4.78 is 1.84. The normalized spacial score (nSPS) is 10.7. The first-order chi connectivity index (χ1) is 6.59. The maximum absolute atomic E-state index is 10.5. The number of rotatable bonds is 1. The Hall–Kier alpha value is -1.91. The molecule has 1 aromatic carbocycles. The van der Waals surface area contributed by atoms with Crippen molar-refractivity contribution in [1.82, 2.24) is 9.55 Å². The van der Waals surface area contributed by atoms with Gasteiger partial charge in [0.25, 0.3) is 5.69 Å². The molecule has 0 fully saturated rings. The molecule has 1 aromatic heterocycles. The predicted molar refractivity (Wildman–Crippen MR) is 52.1 cm³/mol. The van der Waals surface area contributed by atoms with Gasteiger partial charge < -0.3 is 4.57 Å². The zero-order valence-electron chi connectivity index (χ0n) is 7.89. The van der Waals surface area contributed by atoms with Crippen LogP contribution in [0.15, 0.2) is 18.2 Å². The molecular formula is C9H9N3O2. The highest BCUT2D eigenvalue weighted by Gasteiger charge is 2.10. The van der Waals surface area contributed by atoms with Gasteiger partial charge in [0.15, 0.2) is 0 Å². The standard InChI is InChI=1S/C9H9N3O2/c1-6-10-8-4-3-7(12(13)14)5-9(8)11(6)2/h3-5H,1-2H3. The van der Waals surface area contributed by atoms with E-state index in [0.717, 1.165) is 16.9 Å². The lowest BCUT2D eigenvalue weighted by molar-refractivity contribution is -0.384. The van der Waals surface area contributed by atoms with E-state index in [2.05, 4.69) is 4.98 Å². The van der Waals surface area contributed by atoms with Crippen molar-refractivity contribution in [2.75, 3.05) is 0 Å². The molecule has 2 aromatic rings. The van der Waals surface area contributed by atoms with Crippen LogP contribution >= 0.6 is 0 Å². The second kappa shape index (κ2) is 2.80. The fourth-order valence-electron chi connectivity index (χ4n) is 1.41. The van der Waals surface area contributed by atoms with Crippen molar-refractivity contribution in [2.45, 2.75) is 6.92 Å². The highest BCUT2D eigenvalue weighted by Crippen LogP contribution is 2.20. The molecule has 0 aliphatic carbocycles. The number of nitro benzene ring substituents is 1. The molecule has 0 atom stereocenters. The number of aromatic nitrogens is 2. The molecule has 72 valence electrons. The SMILES string of the molecule is Cc1nc2ccc([N+](=O)[O-])cc2n1C. The molecule has 0 saturated heterocycles. The van der Waals surface area contributed by atoms with Crippen molar-refractivity contribution in [2.24, 2.45) is 7.05 Å². The third-order valence-electron chi connectivity index (χ3n) is 2.30. The number of hydrogen-bond acceptors (Lipinski definition) is 3. The highest BCUT2D eigenvalue weighted by molar-refractivity contribution is 5.78. The van der Waals surface area contributed by atoms with Crippen molar-refractivity contribution < 1.29 is 4.92 Å². The van der Waals surface area contributed by atoms with Crippen molar-refractivity contribution in [1.29, 1.82) is 0 Å². The molecule has 0 unspecified atom stereocenters. The Morgan fingerprint density at radius 2 is 2.21 bits per heavy atom. The predicted octanol–water partition coefficient (Wildman–Crippen LogP) is 1.79. The van der Waals surface area contributed by atoms with Crippen LogP contribution in [0.3, 0.4) is 0 Å². The average Bonchev–Trinajstić information content (AvgIpc) is 2.43. The maximum Gasteiger partial charge on any atom is 0.271 e. The molecule has 2 rings (SSSR count). The van der Waals surface area contributed by atoms with Gasteiger partial charge in [-0.25, -0.2) is 4.98 Å². The number of imidazole rings is 1. The van der Waals surface area contributed by atoms with Crippen LogP contribution in [-0.4, -0.2) is 14.5 Å². The van der Waals surface area contributed by atoms with Gasteiger partial charge >= 0.3 is 0 Å². The molecule has 0 saturated carbocycles. The smallest absolute Gasteiger partial charge is 0.271 e. The fourth-order valence-corrected chi connectivity index (χ4v) is 1.41. The van der Waals surface area contributed by atoms with E-state index in [4.69, 9.17) is 0 Å². The van der Waals surface area contributed by atoms with Gasteiger partial charge in [0.2, 0.25) is 0 Å². The second-order valence-corrected chi connectivity index (χ2v) is 3.15. The van der Waals surface area contributed by atoms with Crippen LogP contribution in [0.1, 0.15) is 5.82 Å². The first-order valence-corrected chi connectivity index (χ1v) is 4.17. The molecule has 0 aliphatic rings. The Morgan fingerprint density at radius 1 is 1.50 bits per heavy atom. The number of nitro groups is 1. The van der Waals surface area contributed by atoms with E-state index in [1.54, 1.807) is 6.07 Å². The lowest BCUT2D eigenvalue weighted by atomic mass is 10.3. The van der Waals surface area contributed by atoms with Gasteiger partial charge in [-0.1, -0.05) is 0 Å². The summed E-state index contributed by atoms with van der Waals surface area (Å²) in [7, 11) is 1.84. The van der Waals surface area contributed by atoms with Gasteiger partial charge in [0, 0.05) is 19.2 Å². The van der Waals surface area contributed by atoms with Crippen LogP contribution in [0.4, 0.5) is 5.69 Å². The molecule has 0 aliphatic heterocycles. The lowest BCUT2D eigenvalue weighted by Crippen LogP contribution is -1.91. The number of benzene rings is 1. The topological polar surface area (TPSA) is 61.0 Å². The van der Waals surface area contributed by atoms with E-state index < -0.39 is 4.92 Å². The number of fused-ring (bicyclic) bond motifs is 1. The molecular weight excluding hydrogens is 182 g/mol. The van der Waals surface area contributed by atoms with Crippen molar-refractivity contribution >= 4 is 16.7 Å². The summed E-state index contributed by atoms with van der Waals surface area (Å²) in [6.45, 7) is 1.87. The zero-order chi connectivity index (χ0) is 10.3. The Bertz CT molecular complexity index is 516. The highest BCUT2D eigenvalue weighted by atomic mass is 16.6. The van der Waals surface area contributed by atoms with Crippen molar-refractivity contribution in [3.8, 4) is 0 Å². The molecule has 0 spiro atoms. The van der Waals surface area contributed by atoms with E-state index in [9.17, 15) is 10.1 Å².